The molecule has 0 aliphatic heterocycles. The van der Waals surface area contributed by atoms with Crippen molar-refractivity contribution in [1.29, 1.82) is 5.26 Å². The van der Waals surface area contributed by atoms with Crippen LogP contribution in [0.4, 0.5) is 5.69 Å². The summed E-state index contributed by atoms with van der Waals surface area (Å²) in [7, 11) is 1.85. The fourth-order valence-corrected chi connectivity index (χ4v) is 1.41. The minimum absolute atomic E-state index is 0.116. The van der Waals surface area contributed by atoms with Crippen molar-refractivity contribution in [2.24, 2.45) is 0 Å². The summed E-state index contributed by atoms with van der Waals surface area (Å²) in [4.78, 5) is 10.1. The number of nitro benzene ring substituents is 1. The molecule has 0 aromatic heterocycles. The van der Waals surface area contributed by atoms with Crippen LogP contribution in [0.15, 0.2) is 18.2 Å². The molecule has 0 bridgehead atoms. The van der Waals surface area contributed by atoms with Crippen LogP contribution in [0.25, 0.3) is 0 Å². The topological polar surface area (TPSA) is 79.0 Å². The quantitative estimate of drug-likeness (QED) is 0.616. The number of nitrogens with zero attached hydrogens (tertiary/aromatic N) is 2. The summed E-state index contributed by atoms with van der Waals surface area (Å²) in [5, 5.41) is 22.5. The van der Waals surface area contributed by atoms with Crippen molar-refractivity contribution in [3.63, 3.8) is 0 Å². The van der Waals surface area contributed by atoms with Gasteiger partial charge in [-0.25, -0.2) is 0 Å². The number of nitriles is 1. The van der Waals surface area contributed by atoms with Gasteiger partial charge >= 0.3 is 0 Å². The van der Waals surface area contributed by atoms with Crippen molar-refractivity contribution in [3.8, 4) is 6.07 Å². The van der Waals surface area contributed by atoms with Crippen LogP contribution in [0.5, 0.6) is 0 Å². The molecule has 0 radical (unpaired) electrons. The van der Waals surface area contributed by atoms with Crippen LogP contribution in [-0.2, 0) is 6.42 Å². The van der Waals surface area contributed by atoms with Crippen molar-refractivity contribution >= 4 is 5.69 Å². The second kappa shape index (κ2) is 5.24. The Kier molecular flexibility index (Phi) is 3.97. The first-order chi connectivity index (χ1) is 7.58. The van der Waals surface area contributed by atoms with Crippen molar-refractivity contribution in [2.75, 3.05) is 7.05 Å². The van der Waals surface area contributed by atoms with Gasteiger partial charge in [0.05, 0.1) is 4.92 Å². The standard InChI is InChI=1S/C11H13N3O2/c1-8(13-2)5-9-3-4-11(14(15)16)10(6-9)7-12/h3-4,6,8,13H,5H2,1-2H3. The molecule has 0 aliphatic rings. The summed E-state index contributed by atoms with van der Waals surface area (Å²) in [6.45, 7) is 2.01. The van der Waals surface area contributed by atoms with Gasteiger partial charge < -0.3 is 5.32 Å². The first-order valence-corrected chi connectivity index (χ1v) is 4.93. The Labute approximate surface area is 93.9 Å². The molecule has 5 nitrogen and oxygen atoms in total. The zero-order valence-electron chi connectivity index (χ0n) is 9.23. The number of rotatable bonds is 4. The third kappa shape index (κ3) is 2.78. The van der Waals surface area contributed by atoms with Crippen LogP contribution >= 0.6 is 0 Å². The van der Waals surface area contributed by atoms with Gasteiger partial charge in [0.2, 0.25) is 0 Å². The number of nitrogens with one attached hydrogen (secondary N) is 1. The van der Waals surface area contributed by atoms with Gasteiger partial charge in [-0.1, -0.05) is 6.07 Å². The van der Waals surface area contributed by atoms with E-state index in [1.54, 1.807) is 12.1 Å². The van der Waals surface area contributed by atoms with E-state index in [2.05, 4.69) is 5.32 Å². The molecule has 0 saturated heterocycles. The number of hydrogen-bond donors (Lipinski definition) is 1. The Morgan fingerprint density at radius 3 is 2.81 bits per heavy atom. The maximum atomic E-state index is 10.6. The van der Waals surface area contributed by atoms with E-state index >= 15 is 0 Å². The van der Waals surface area contributed by atoms with E-state index in [0.717, 1.165) is 12.0 Å². The highest BCUT2D eigenvalue weighted by Crippen LogP contribution is 2.19. The van der Waals surface area contributed by atoms with Gasteiger partial charge in [-0.05, 0) is 32.0 Å². The summed E-state index contributed by atoms with van der Waals surface area (Å²) in [5.41, 5.74) is 0.901. The summed E-state index contributed by atoms with van der Waals surface area (Å²) in [6.07, 6.45) is 0.739. The van der Waals surface area contributed by atoms with Crippen LogP contribution in [0, 0.1) is 21.4 Å². The Hall–Kier alpha value is -1.93. The molecule has 5 heteroatoms. The Bertz CT molecular complexity index is 437. The maximum Gasteiger partial charge on any atom is 0.287 e. The number of nitro groups is 1. The molecule has 0 heterocycles. The highest BCUT2D eigenvalue weighted by Gasteiger charge is 2.14. The minimum Gasteiger partial charge on any atom is -0.317 e. The molecule has 0 saturated carbocycles. The third-order valence-corrected chi connectivity index (χ3v) is 2.41. The lowest BCUT2D eigenvalue weighted by Gasteiger charge is -2.09. The molecule has 1 N–H and O–H groups in total. The first kappa shape index (κ1) is 12.1. The van der Waals surface area contributed by atoms with Gasteiger partial charge in [0.1, 0.15) is 11.6 Å². The lowest BCUT2D eigenvalue weighted by Crippen LogP contribution is -2.23. The summed E-state index contributed by atoms with van der Waals surface area (Å²) in [5.74, 6) is 0. The second-order valence-electron chi connectivity index (χ2n) is 3.61. The van der Waals surface area contributed by atoms with Crippen LogP contribution in [-0.4, -0.2) is 18.0 Å². The van der Waals surface area contributed by atoms with E-state index in [9.17, 15) is 10.1 Å². The van der Waals surface area contributed by atoms with Crippen molar-refractivity contribution in [2.45, 2.75) is 19.4 Å². The number of benzene rings is 1. The highest BCUT2D eigenvalue weighted by atomic mass is 16.6. The molecule has 1 aromatic carbocycles. The van der Waals surface area contributed by atoms with E-state index in [4.69, 9.17) is 5.26 Å². The third-order valence-electron chi connectivity index (χ3n) is 2.41. The van der Waals surface area contributed by atoms with Crippen LogP contribution in [0.1, 0.15) is 18.1 Å². The number of hydrogen-bond acceptors (Lipinski definition) is 4. The van der Waals surface area contributed by atoms with E-state index in [1.807, 2.05) is 20.0 Å². The van der Waals surface area contributed by atoms with E-state index in [-0.39, 0.29) is 17.3 Å². The second-order valence-corrected chi connectivity index (χ2v) is 3.61. The molecular formula is C11H13N3O2. The van der Waals surface area contributed by atoms with Crippen molar-refractivity contribution in [3.05, 3.63) is 39.4 Å². The van der Waals surface area contributed by atoms with Crippen LogP contribution < -0.4 is 5.32 Å². The van der Waals surface area contributed by atoms with Crippen molar-refractivity contribution < 1.29 is 4.92 Å². The summed E-state index contributed by atoms with van der Waals surface area (Å²) >= 11 is 0. The zero-order chi connectivity index (χ0) is 12.1. The minimum atomic E-state index is -0.538. The normalized spacial score (nSPS) is 11.8. The zero-order valence-corrected chi connectivity index (χ0v) is 9.23. The molecule has 1 atom stereocenters. The summed E-state index contributed by atoms with van der Waals surface area (Å²) in [6, 6.07) is 6.77. The van der Waals surface area contributed by atoms with Crippen LogP contribution in [0.2, 0.25) is 0 Å². The monoisotopic (exact) mass is 219 g/mol. The van der Waals surface area contributed by atoms with E-state index in [1.165, 1.54) is 6.07 Å². The highest BCUT2D eigenvalue weighted by molar-refractivity contribution is 5.50. The predicted molar refractivity (Wildman–Crippen MR) is 60.0 cm³/mol. The van der Waals surface area contributed by atoms with E-state index < -0.39 is 4.92 Å². The molecule has 84 valence electrons. The molecule has 0 fully saturated rings. The van der Waals surface area contributed by atoms with Gasteiger partial charge in [0.25, 0.3) is 5.69 Å². The fraction of sp³-hybridized carbons (Fsp3) is 0.364. The Balaban J connectivity index is 3.01. The van der Waals surface area contributed by atoms with Gasteiger partial charge in [-0.3, -0.25) is 10.1 Å². The van der Waals surface area contributed by atoms with Gasteiger partial charge in [-0.2, -0.15) is 5.26 Å². The first-order valence-electron chi connectivity index (χ1n) is 4.93. The average Bonchev–Trinajstić information content (AvgIpc) is 2.28. The molecule has 0 aliphatic carbocycles. The fourth-order valence-electron chi connectivity index (χ4n) is 1.41. The van der Waals surface area contributed by atoms with E-state index in [0.29, 0.717) is 0 Å². The Morgan fingerprint density at radius 2 is 2.31 bits per heavy atom. The van der Waals surface area contributed by atoms with Crippen molar-refractivity contribution in [1.82, 2.24) is 5.32 Å². The smallest absolute Gasteiger partial charge is 0.287 e. The lowest BCUT2D eigenvalue weighted by atomic mass is 10.0. The SMILES string of the molecule is CNC(C)Cc1ccc([N+](=O)[O-])c(C#N)c1. The average molecular weight is 219 g/mol. The molecule has 16 heavy (non-hydrogen) atoms. The molecule has 0 spiro atoms. The van der Waals surface area contributed by atoms with Gasteiger partial charge in [0, 0.05) is 12.1 Å². The maximum absolute atomic E-state index is 10.6. The largest absolute Gasteiger partial charge is 0.317 e. The molecular weight excluding hydrogens is 206 g/mol. The predicted octanol–water partition coefficient (Wildman–Crippen LogP) is 1.62. The number of likely N-dealkylation sites (N-methyl/N-ethyl adjacent to an activating group) is 1. The summed E-state index contributed by atoms with van der Waals surface area (Å²) < 4.78 is 0. The molecule has 1 unspecified atom stereocenters. The van der Waals surface area contributed by atoms with Gasteiger partial charge in [-0.15, -0.1) is 0 Å². The molecule has 0 amide bonds. The Morgan fingerprint density at radius 1 is 1.62 bits per heavy atom. The van der Waals surface area contributed by atoms with Gasteiger partial charge in [0.15, 0.2) is 0 Å². The van der Waals surface area contributed by atoms with Crippen LogP contribution in [0.3, 0.4) is 0 Å². The lowest BCUT2D eigenvalue weighted by molar-refractivity contribution is -0.385. The molecule has 1 rings (SSSR count). The molecule has 1 aromatic rings.